The van der Waals surface area contributed by atoms with Gasteiger partial charge in [0.05, 0.1) is 21.3 Å². The molecule has 5 heterocycles. The van der Waals surface area contributed by atoms with E-state index in [0.717, 1.165) is 67.3 Å². The van der Waals surface area contributed by atoms with Gasteiger partial charge in [0.15, 0.2) is 11.9 Å². The number of rotatable bonds is 6. The number of aliphatic carboxylic acids is 1. The van der Waals surface area contributed by atoms with Gasteiger partial charge in [0, 0.05) is 59.3 Å². The molecule has 3 fully saturated rings. The number of halogens is 1. The molecule has 2 bridgehead atoms. The molecule has 3 atom stereocenters. The highest BCUT2D eigenvalue weighted by Crippen LogP contribution is 2.45. The summed E-state index contributed by atoms with van der Waals surface area (Å²) in [4.78, 5) is 22.7. The molecule has 44 heavy (non-hydrogen) atoms. The Morgan fingerprint density at radius 2 is 1.75 bits per heavy atom. The third kappa shape index (κ3) is 4.96. The molecule has 3 aromatic carbocycles. The maximum absolute atomic E-state index is 12.7. The Bertz CT molecular complexity index is 1910. The number of thiazole rings is 1. The number of piperidine rings is 1. The van der Waals surface area contributed by atoms with Crippen LogP contribution in [0.3, 0.4) is 0 Å². The van der Waals surface area contributed by atoms with Crippen molar-refractivity contribution in [3.63, 3.8) is 0 Å². The van der Waals surface area contributed by atoms with E-state index in [4.69, 9.17) is 26.4 Å². The Kier molecular flexibility index (Phi) is 7.01. The van der Waals surface area contributed by atoms with Crippen molar-refractivity contribution in [2.75, 3.05) is 25.0 Å². The van der Waals surface area contributed by atoms with Crippen LogP contribution in [-0.4, -0.2) is 68.6 Å². The number of hydrogen-bond acceptors (Lipinski definition) is 7. The summed E-state index contributed by atoms with van der Waals surface area (Å²) in [5.74, 6) is -0.00435. The molecule has 8 nitrogen and oxygen atoms in total. The highest BCUT2D eigenvalue weighted by molar-refractivity contribution is 7.22. The predicted octanol–water partition coefficient (Wildman–Crippen LogP) is 7.31. The third-order valence-corrected chi connectivity index (χ3v) is 10.3. The zero-order chi connectivity index (χ0) is 31.1. The number of aromatic nitrogens is 3. The molecule has 2 unspecified atom stereocenters. The van der Waals surface area contributed by atoms with E-state index in [-0.39, 0.29) is 0 Å². The summed E-state index contributed by atoms with van der Waals surface area (Å²) < 4.78 is 9.05. The van der Waals surface area contributed by atoms with Crippen LogP contribution < -0.4 is 4.90 Å². The summed E-state index contributed by atoms with van der Waals surface area (Å²) in [7, 11) is 4.22. The summed E-state index contributed by atoms with van der Waals surface area (Å²) >= 11 is 7.84. The topological polar surface area (TPSA) is 83.7 Å². The lowest BCUT2D eigenvalue weighted by atomic mass is 9.88. The Morgan fingerprint density at radius 3 is 2.39 bits per heavy atom. The fourth-order valence-electron chi connectivity index (χ4n) is 6.75. The molecule has 0 amide bonds. The second-order valence-corrected chi connectivity index (χ2v) is 14.5. The molecule has 0 radical (unpaired) electrons. The molecule has 10 heteroatoms. The van der Waals surface area contributed by atoms with Crippen LogP contribution in [0.1, 0.15) is 44.4 Å². The zero-order valence-corrected chi connectivity index (χ0v) is 27.3. The molecule has 8 rings (SSSR count). The Labute approximate surface area is 265 Å². The molecule has 3 saturated heterocycles. The highest BCUT2D eigenvalue weighted by atomic mass is 35.5. The van der Waals surface area contributed by atoms with Gasteiger partial charge in [0.2, 0.25) is 0 Å². The summed E-state index contributed by atoms with van der Waals surface area (Å²) in [6, 6.07) is 17.1. The van der Waals surface area contributed by atoms with Crippen molar-refractivity contribution in [1.29, 1.82) is 0 Å². The summed E-state index contributed by atoms with van der Waals surface area (Å²) in [5.41, 5.74) is 5.39. The van der Waals surface area contributed by atoms with Crippen LogP contribution in [-0.2, 0) is 16.6 Å². The van der Waals surface area contributed by atoms with Crippen LogP contribution in [0.2, 0.25) is 5.02 Å². The van der Waals surface area contributed by atoms with E-state index in [0.29, 0.717) is 22.7 Å². The second-order valence-electron chi connectivity index (χ2n) is 13.1. The Morgan fingerprint density at radius 1 is 1.07 bits per heavy atom. The normalized spacial score (nSPS) is 19.5. The molecule has 0 saturated carbocycles. The minimum absolute atomic E-state index is 0.582. The molecule has 3 aliphatic rings. The van der Waals surface area contributed by atoms with Crippen molar-refractivity contribution in [3.05, 3.63) is 64.7 Å². The monoisotopic (exact) mass is 629 g/mol. The largest absolute Gasteiger partial charge is 0.479 e. The maximum Gasteiger partial charge on any atom is 0.337 e. The number of aryl methyl sites for hydroxylation is 2. The van der Waals surface area contributed by atoms with Gasteiger partial charge in [-0.25, -0.2) is 9.78 Å². The number of hydrogen-bond donors (Lipinski definition) is 1. The molecular weight excluding hydrogens is 594 g/mol. The van der Waals surface area contributed by atoms with E-state index in [2.05, 4.69) is 35.0 Å². The number of piperazine rings is 1. The smallest absolute Gasteiger partial charge is 0.337 e. The number of likely N-dealkylation sites (N-methyl/N-ethyl adjacent to an activating group) is 1. The number of benzene rings is 3. The van der Waals surface area contributed by atoms with Crippen LogP contribution in [0.25, 0.3) is 42.8 Å². The van der Waals surface area contributed by atoms with Crippen molar-refractivity contribution >= 4 is 55.8 Å². The van der Waals surface area contributed by atoms with E-state index >= 15 is 0 Å². The van der Waals surface area contributed by atoms with Gasteiger partial charge in [0.1, 0.15) is 5.01 Å². The van der Waals surface area contributed by atoms with Gasteiger partial charge in [0.25, 0.3) is 0 Å². The average molecular weight is 630 g/mol. The van der Waals surface area contributed by atoms with Gasteiger partial charge >= 0.3 is 5.97 Å². The van der Waals surface area contributed by atoms with Crippen LogP contribution in [0, 0.1) is 6.92 Å². The van der Waals surface area contributed by atoms with E-state index in [1.165, 1.54) is 6.42 Å². The minimum atomic E-state index is -1.15. The first kappa shape index (κ1) is 29.2. The molecule has 0 aliphatic carbocycles. The van der Waals surface area contributed by atoms with Crippen molar-refractivity contribution in [3.8, 4) is 21.7 Å². The number of carboxylic acid groups (broad SMARTS) is 1. The minimum Gasteiger partial charge on any atom is -0.479 e. The molecule has 1 N–H and O–H groups in total. The SMILES string of the molecule is Cc1cc2nc(-c3ccc4c(c3)c(N3CC5CC(C3)N5C)nn4C)sc2c(-c2ccc(Cl)cc2)c1[C@H](OC(C)(C)C)C(=O)O. The van der Waals surface area contributed by atoms with Crippen LogP contribution in [0.4, 0.5) is 5.82 Å². The fraction of sp³-hybridized carbons (Fsp3) is 0.382. The van der Waals surface area contributed by atoms with Gasteiger partial charge in [-0.1, -0.05) is 23.7 Å². The summed E-state index contributed by atoms with van der Waals surface area (Å²) in [6.45, 7) is 9.52. The van der Waals surface area contributed by atoms with Crippen molar-refractivity contribution in [2.24, 2.45) is 7.05 Å². The summed E-state index contributed by atoms with van der Waals surface area (Å²) in [5, 5.41) is 17.9. The van der Waals surface area contributed by atoms with Crippen molar-refractivity contribution in [1.82, 2.24) is 19.7 Å². The average Bonchev–Trinajstić information content (AvgIpc) is 3.55. The van der Waals surface area contributed by atoms with E-state index in [1.807, 2.05) is 69.8 Å². The first-order valence-corrected chi connectivity index (χ1v) is 16.1. The van der Waals surface area contributed by atoms with E-state index in [9.17, 15) is 9.90 Å². The van der Waals surface area contributed by atoms with Gasteiger partial charge < -0.3 is 14.7 Å². The van der Waals surface area contributed by atoms with Gasteiger partial charge in [-0.15, -0.1) is 11.3 Å². The lowest BCUT2D eigenvalue weighted by molar-refractivity contribution is -0.160. The number of carbonyl (C=O) groups is 1. The first-order chi connectivity index (χ1) is 20.9. The Hall–Kier alpha value is -3.50. The Balaban J connectivity index is 1.39. The molecule has 3 aliphatic heterocycles. The standard InChI is InChI=1S/C34H36ClN5O3S/c1-18-13-25-30(28(19-7-10-21(35)11-8-19)27(18)29(33(41)42)43-34(2,3)4)44-32(36-25)20-9-12-26-24(14-20)31(37-39(26)6)40-16-22-15-23(17-40)38(22)5/h7-14,22-23,29H,15-17H2,1-6H3,(H,41,42)/t22?,23?,29-/m0/s1. The highest BCUT2D eigenvalue weighted by Gasteiger charge is 2.43. The van der Waals surface area contributed by atoms with Gasteiger partial charge in [-0.05, 0) is 88.7 Å². The van der Waals surface area contributed by atoms with Crippen molar-refractivity contribution in [2.45, 2.75) is 57.9 Å². The molecular formula is C34H36ClN5O3S. The predicted molar refractivity (Wildman–Crippen MR) is 178 cm³/mol. The first-order valence-electron chi connectivity index (χ1n) is 14.9. The van der Waals surface area contributed by atoms with Gasteiger partial charge in [-0.3, -0.25) is 9.58 Å². The number of fused-ring (bicyclic) bond motifs is 4. The molecule has 0 spiro atoms. The third-order valence-electron chi connectivity index (χ3n) is 8.95. The van der Waals surface area contributed by atoms with Crippen LogP contribution >= 0.6 is 22.9 Å². The van der Waals surface area contributed by atoms with E-state index in [1.54, 1.807) is 11.3 Å². The van der Waals surface area contributed by atoms with Crippen LogP contribution in [0.15, 0.2) is 48.5 Å². The number of nitrogens with zero attached hydrogens (tertiary/aromatic N) is 5. The molecule has 228 valence electrons. The number of carboxylic acids is 1. The second kappa shape index (κ2) is 10.5. The maximum atomic E-state index is 12.7. The van der Waals surface area contributed by atoms with Crippen LogP contribution in [0.5, 0.6) is 0 Å². The lowest BCUT2D eigenvalue weighted by Crippen LogP contribution is -2.67. The molecule has 5 aromatic rings. The van der Waals surface area contributed by atoms with Gasteiger partial charge in [-0.2, -0.15) is 5.10 Å². The van der Waals surface area contributed by atoms with E-state index < -0.39 is 17.7 Å². The number of ether oxygens (including phenoxy) is 1. The molecule has 2 aromatic heterocycles. The fourth-order valence-corrected chi connectivity index (χ4v) is 7.99. The zero-order valence-electron chi connectivity index (χ0n) is 25.8. The lowest BCUT2D eigenvalue weighted by Gasteiger charge is -2.55. The summed E-state index contributed by atoms with van der Waals surface area (Å²) in [6.07, 6.45) is 0.107. The quantitative estimate of drug-likeness (QED) is 0.211. The number of anilines is 1. The van der Waals surface area contributed by atoms with Crippen molar-refractivity contribution < 1.29 is 14.6 Å².